The summed E-state index contributed by atoms with van der Waals surface area (Å²) in [5.74, 6) is 0.299. The molecule has 4 rings (SSSR count). The number of furan rings is 1. The Kier molecular flexibility index (Phi) is 3.91. The van der Waals surface area contributed by atoms with Crippen LogP contribution in [0.15, 0.2) is 34.7 Å². The number of aryl methyl sites for hydroxylation is 3. The molecule has 2 aromatic carbocycles. The first-order valence-electron chi connectivity index (χ1n) is 8.77. The van der Waals surface area contributed by atoms with Crippen molar-refractivity contribution in [3.05, 3.63) is 52.8 Å². The molecule has 6 heteroatoms. The summed E-state index contributed by atoms with van der Waals surface area (Å²) in [6, 6.07) is 9.10. The van der Waals surface area contributed by atoms with Gasteiger partial charge in [0.15, 0.2) is 11.9 Å². The molecule has 0 radical (unpaired) electrons. The Morgan fingerprint density at radius 2 is 1.85 bits per heavy atom. The van der Waals surface area contributed by atoms with E-state index in [4.69, 9.17) is 9.15 Å². The van der Waals surface area contributed by atoms with E-state index in [0.717, 1.165) is 22.1 Å². The molecule has 0 aliphatic carbocycles. The third-order valence-corrected chi connectivity index (χ3v) is 4.93. The van der Waals surface area contributed by atoms with Crippen LogP contribution in [0, 0.1) is 20.8 Å². The molecule has 2 N–H and O–H groups in total. The maximum atomic E-state index is 12.7. The lowest BCUT2D eigenvalue weighted by Gasteiger charge is -2.23. The van der Waals surface area contributed by atoms with E-state index in [9.17, 15) is 9.59 Å². The van der Waals surface area contributed by atoms with Crippen molar-refractivity contribution in [1.29, 1.82) is 0 Å². The van der Waals surface area contributed by atoms with Gasteiger partial charge in [-0.1, -0.05) is 0 Å². The number of rotatable bonds is 2. The summed E-state index contributed by atoms with van der Waals surface area (Å²) < 4.78 is 11.3. The minimum atomic E-state index is -0.539. The largest absolute Gasteiger partial charge is 0.479 e. The minimum Gasteiger partial charge on any atom is -0.479 e. The zero-order valence-corrected chi connectivity index (χ0v) is 15.6. The zero-order chi connectivity index (χ0) is 19.3. The second kappa shape index (κ2) is 6.16. The number of benzene rings is 2. The second-order valence-electron chi connectivity index (χ2n) is 6.90. The highest BCUT2D eigenvalue weighted by molar-refractivity contribution is 6.07. The van der Waals surface area contributed by atoms with Gasteiger partial charge < -0.3 is 19.8 Å². The van der Waals surface area contributed by atoms with Crippen LogP contribution in [-0.4, -0.2) is 17.9 Å². The van der Waals surface area contributed by atoms with E-state index in [2.05, 4.69) is 10.6 Å². The normalized spacial score (nSPS) is 15.9. The van der Waals surface area contributed by atoms with Crippen molar-refractivity contribution in [2.75, 3.05) is 10.6 Å². The molecule has 6 nitrogen and oxygen atoms in total. The highest BCUT2D eigenvalue weighted by Crippen LogP contribution is 2.33. The van der Waals surface area contributed by atoms with Crippen LogP contribution in [0.1, 0.15) is 34.2 Å². The standard InChI is InChI=1S/C21H20N2O4/c1-10-7-15-12(3)19(27-18(15)8-11(10)2)21(25)22-14-5-6-17-16(9-14)23-20(24)13(4)26-17/h5-9,13H,1-4H3,(H,22,25)(H,23,24). The van der Waals surface area contributed by atoms with Gasteiger partial charge in [-0.15, -0.1) is 0 Å². The van der Waals surface area contributed by atoms with E-state index in [0.29, 0.717) is 22.7 Å². The van der Waals surface area contributed by atoms with Crippen LogP contribution < -0.4 is 15.4 Å². The lowest BCUT2D eigenvalue weighted by molar-refractivity contribution is -0.122. The fraction of sp³-hybridized carbons (Fsp3) is 0.238. The summed E-state index contributed by atoms with van der Waals surface area (Å²) in [6.45, 7) is 7.60. The quantitative estimate of drug-likeness (QED) is 0.709. The third kappa shape index (κ3) is 2.93. The SMILES string of the molecule is Cc1cc2oc(C(=O)Nc3ccc4c(c3)NC(=O)C(C)O4)c(C)c2cc1C. The van der Waals surface area contributed by atoms with Gasteiger partial charge in [0.25, 0.3) is 11.8 Å². The topological polar surface area (TPSA) is 80.6 Å². The molecule has 3 aromatic rings. The molecule has 0 saturated carbocycles. The van der Waals surface area contributed by atoms with Crippen LogP contribution in [0.5, 0.6) is 5.75 Å². The van der Waals surface area contributed by atoms with Crippen molar-refractivity contribution < 1.29 is 18.7 Å². The summed E-state index contributed by atoms with van der Waals surface area (Å²) in [5, 5.41) is 6.53. The molecule has 0 saturated heterocycles. The number of ether oxygens (including phenoxy) is 1. The molecule has 2 amide bonds. The number of anilines is 2. The molecular weight excluding hydrogens is 344 g/mol. The van der Waals surface area contributed by atoms with Crippen LogP contribution in [0.25, 0.3) is 11.0 Å². The fourth-order valence-electron chi connectivity index (χ4n) is 3.17. The Bertz CT molecular complexity index is 1100. The molecule has 0 spiro atoms. The van der Waals surface area contributed by atoms with E-state index in [1.54, 1.807) is 25.1 Å². The van der Waals surface area contributed by atoms with Gasteiger partial charge in [-0.2, -0.15) is 0 Å². The van der Waals surface area contributed by atoms with Crippen LogP contribution in [0.4, 0.5) is 11.4 Å². The summed E-state index contributed by atoms with van der Waals surface area (Å²) >= 11 is 0. The van der Waals surface area contributed by atoms with Gasteiger partial charge in [-0.05, 0) is 69.2 Å². The van der Waals surface area contributed by atoms with E-state index in [1.807, 2.05) is 32.9 Å². The Labute approximate surface area is 156 Å². The van der Waals surface area contributed by atoms with Gasteiger partial charge in [0, 0.05) is 16.6 Å². The third-order valence-electron chi connectivity index (χ3n) is 4.93. The van der Waals surface area contributed by atoms with Gasteiger partial charge in [0.1, 0.15) is 11.3 Å². The van der Waals surface area contributed by atoms with Gasteiger partial charge in [0.05, 0.1) is 5.69 Å². The first-order chi connectivity index (χ1) is 12.8. The predicted molar refractivity (Wildman–Crippen MR) is 104 cm³/mol. The Morgan fingerprint density at radius 3 is 2.63 bits per heavy atom. The second-order valence-corrected chi connectivity index (χ2v) is 6.90. The van der Waals surface area contributed by atoms with Gasteiger partial charge in [-0.3, -0.25) is 9.59 Å². The average molecular weight is 364 g/mol. The zero-order valence-electron chi connectivity index (χ0n) is 15.6. The Balaban J connectivity index is 1.63. The highest BCUT2D eigenvalue weighted by Gasteiger charge is 2.24. The van der Waals surface area contributed by atoms with Crippen molar-refractivity contribution in [1.82, 2.24) is 0 Å². The number of fused-ring (bicyclic) bond motifs is 2. The van der Waals surface area contributed by atoms with Crippen molar-refractivity contribution in [3.8, 4) is 5.75 Å². The monoisotopic (exact) mass is 364 g/mol. The van der Waals surface area contributed by atoms with Crippen molar-refractivity contribution in [2.24, 2.45) is 0 Å². The number of carbonyl (C=O) groups excluding carboxylic acids is 2. The molecule has 1 aromatic heterocycles. The van der Waals surface area contributed by atoms with Crippen LogP contribution in [-0.2, 0) is 4.79 Å². The van der Waals surface area contributed by atoms with E-state index in [-0.39, 0.29) is 17.6 Å². The molecule has 1 aliphatic heterocycles. The van der Waals surface area contributed by atoms with Crippen molar-refractivity contribution >= 4 is 34.2 Å². The molecular formula is C21H20N2O4. The maximum absolute atomic E-state index is 12.7. The van der Waals surface area contributed by atoms with E-state index < -0.39 is 6.10 Å². The lowest BCUT2D eigenvalue weighted by Crippen LogP contribution is -2.34. The van der Waals surface area contributed by atoms with Crippen LogP contribution in [0.2, 0.25) is 0 Å². The smallest absolute Gasteiger partial charge is 0.291 e. The Morgan fingerprint density at radius 1 is 1.11 bits per heavy atom. The molecule has 1 unspecified atom stereocenters. The molecule has 1 atom stereocenters. The predicted octanol–water partition coefficient (Wildman–Crippen LogP) is 4.33. The number of amides is 2. The molecule has 27 heavy (non-hydrogen) atoms. The van der Waals surface area contributed by atoms with Crippen molar-refractivity contribution in [2.45, 2.75) is 33.8 Å². The fourth-order valence-corrected chi connectivity index (χ4v) is 3.17. The number of nitrogens with one attached hydrogen (secondary N) is 2. The van der Waals surface area contributed by atoms with Crippen LogP contribution in [0.3, 0.4) is 0 Å². The van der Waals surface area contributed by atoms with Crippen molar-refractivity contribution in [3.63, 3.8) is 0 Å². The summed E-state index contributed by atoms with van der Waals surface area (Å²) in [4.78, 5) is 24.5. The summed E-state index contributed by atoms with van der Waals surface area (Å²) in [5.41, 5.74) is 4.84. The molecule has 1 aliphatic rings. The van der Waals surface area contributed by atoms with Gasteiger partial charge >= 0.3 is 0 Å². The summed E-state index contributed by atoms with van der Waals surface area (Å²) in [6.07, 6.45) is -0.539. The number of carbonyl (C=O) groups is 2. The first kappa shape index (κ1) is 17.1. The number of hydrogen-bond donors (Lipinski definition) is 2. The molecule has 0 bridgehead atoms. The molecule has 2 heterocycles. The average Bonchev–Trinajstić information content (AvgIpc) is 2.93. The molecule has 138 valence electrons. The minimum absolute atomic E-state index is 0.218. The van der Waals surface area contributed by atoms with E-state index in [1.165, 1.54) is 0 Å². The molecule has 0 fully saturated rings. The lowest BCUT2D eigenvalue weighted by atomic mass is 10.0. The maximum Gasteiger partial charge on any atom is 0.291 e. The van der Waals surface area contributed by atoms with Crippen LogP contribution >= 0.6 is 0 Å². The Hall–Kier alpha value is -3.28. The highest BCUT2D eigenvalue weighted by atomic mass is 16.5. The first-order valence-corrected chi connectivity index (χ1v) is 8.77. The van der Waals surface area contributed by atoms with E-state index >= 15 is 0 Å². The summed E-state index contributed by atoms with van der Waals surface area (Å²) in [7, 11) is 0. The van der Waals surface area contributed by atoms with Gasteiger partial charge in [-0.25, -0.2) is 0 Å². The van der Waals surface area contributed by atoms with Gasteiger partial charge in [0.2, 0.25) is 0 Å². The number of hydrogen-bond acceptors (Lipinski definition) is 4.